The third-order valence-electron chi connectivity index (χ3n) is 7.66. The molecule has 0 bridgehead atoms. The Kier molecular flexibility index (Phi) is 5.68. The Morgan fingerprint density at radius 2 is 2.14 bits per heavy atom. The first-order valence-corrected chi connectivity index (χ1v) is 13.2. The standard InChI is InChI=1S/C28H26FN5O2S/c1-3-8-36-18-12-22-25(31-14-18)21(32-15-33-22)10-17-6-7-20(29)19(9-17)27(2)23-13-28(23,37-26(30)34-27)24(35)11-16-4-5-16/h1,6-7,9,12,14-16,23H,4-5,8,10-11,13H2,2H3,(H2,30,34)/t23-,27+,28-/m0/s1. The number of amidine groups is 1. The van der Waals surface area contributed by atoms with Gasteiger partial charge in [0, 0.05) is 30.4 Å². The van der Waals surface area contributed by atoms with Crippen molar-refractivity contribution in [1.82, 2.24) is 15.0 Å². The molecule has 9 heteroatoms. The quantitative estimate of drug-likeness (QED) is 0.449. The van der Waals surface area contributed by atoms with Gasteiger partial charge in [-0.1, -0.05) is 29.8 Å². The number of carbonyl (C=O) groups excluding carboxylic acids is 1. The Morgan fingerprint density at radius 3 is 2.92 bits per heavy atom. The van der Waals surface area contributed by atoms with E-state index in [2.05, 4.69) is 20.9 Å². The van der Waals surface area contributed by atoms with Gasteiger partial charge in [-0.05, 0) is 43.7 Å². The number of terminal acetylenes is 1. The molecule has 37 heavy (non-hydrogen) atoms. The van der Waals surface area contributed by atoms with Crippen LogP contribution in [0, 0.1) is 30.0 Å². The van der Waals surface area contributed by atoms with E-state index in [9.17, 15) is 4.79 Å². The van der Waals surface area contributed by atoms with E-state index < -0.39 is 10.3 Å². The number of carbonyl (C=O) groups is 1. The van der Waals surface area contributed by atoms with Crippen LogP contribution in [0.2, 0.25) is 0 Å². The Labute approximate surface area is 218 Å². The fourth-order valence-corrected chi connectivity index (χ4v) is 6.90. The number of Topliss-reactive ketones (excluding diaryl/α,β-unsaturated/α-hetero) is 1. The van der Waals surface area contributed by atoms with Crippen LogP contribution in [0.1, 0.15) is 49.4 Å². The van der Waals surface area contributed by atoms with Gasteiger partial charge in [0.2, 0.25) is 0 Å². The Morgan fingerprint density at radius 1 is 1.30 bits per heavy atom. The molecule has 3 atom stereocenters. The summed E-state index contributed by atoms with van der Waals surface area (Å²) in [5, 5.41) is 0.346. The highest BCUT2D eigenvalue weighted by molar-refractivity contribution is 8.15. The highest BCUT2D eigenvalue weighted by Gasteiger charge is 2.70. The number of aromatic nitrogens is 3. The van der Waals surface area contributed by atoms with Gasteiger partial charge in [-0.25, -0.2) is 19.3 Å². The molecule has 0 spiro atoms. The molecular weight excluding hydrogens is 489 g/mol. The highest BCUT2D eigenvalue weighted by atomic mass is 32.2. The summed E-state index contributed by atoms with van der Waals surface area (Å²) >= 11 is 1.37. The summed E-state index contributed by atoms with van der Waals surface area (Å²) in [5.41, 5.74) is 8.61. The first-order valence-electron chi connectivity index (χ1n) is 12.3. The van der Waals surface area contributed by atoms with Crippen molar-refractivity contribution in [2.45, 2.75) is 49.3 Å². The largest absolute Gasteiger partial charge is 0.479 e. The summed E-state index contributed by atoms with van der Waals surface area (Å²) in [4.78, 5) is 31.2. The maximum absolute atomic E-state index is 15.3. The van der Waals surface area contributed by atoms with Gasteiger partial charge in [-0.2, -0.15) is 0 Å². The van der Waals surface area contributed by atoms with Crippen molar-refractivity contribution in [3.8, 4) is 18.1 Å². The fraction of sp³-hybridized carbons (Fsp3) is 0.393. The molecule has 3 heterocycles. The molecule has 1 aliphatic heterocycles. The summed E-state index contributed by atoms with van der Waals surface area (Å²) in [5.74, 6) is 3.24. The van der Waals surface area contributed by atoms with Crippen molar-refractivity contribution in [2.75, 3.05) is 6.61 Å². The van der Waals surface area contributed by atoms with Crippen LogP contribution < -0.4 is 10.5 Å². The molecule has 0 saturated heterocycles. The monoisotopic (exact) mass is 515 g/mol. The smallest absolute Gasteiger partial charge is 0.155 e. The van der Waals surface area contributed by atoms with Crippen LogP contribution in [0.4, 0.5) is 4.39 Å². The number of hydrogen-bond donors (Lipinski definition) is 1. The van der Waals surface area contributed by atoms with Crippen LogP contribution in [0.15, 0.2) is 41.8 Å². The lowest BCUT2D eigenvalue weighted by Crippen LogP contribution is -2.39. The van der Waals surface area contributed by atoms with Crippen molar-refractivity contribution >= 4 is 33.7 Å². The molecule has 7 nitrogen and oxygen atoms in total. The third kappa shape index (κ3) is 4.23. The second-order valence-electron chi connectivity index (χ2n) is 10.3. The predicted octanol–water partition coefficient (Wildman–Crippen LogP) is 4.17. The zero-order valence-electron chi connectivity index (χ0n) is 20.4. The van der Waals surface area contributed by atoms with E-state index in [1.807, 2.05) is 13.0 Å². The van der Waals surface area contributed by atoms with Gasteiger partial charge in [-0.15, -0.1) is 6.42 Å². The van der Waals surface area contributed by atoms with Crippen molar-refractivity contribution in [2.24, 2.45) is 22.6 Å². The van der Waals surface area contributed by atoms with E-state index in [0.717, 1.165) is 18.4 Å². The van der Waals surface area contributed by atoms with Gasteiger partial charge in [0.25, 0.3) is 0 Å². The minimum absolute atomic E-state index is 0.0868. The molecule has 3 aromatic rings. The number of aliphatic imine (C=N–C) groups is 1. The van der Waals surface area contributed by atoms with Crippen LogP contribution in [0.3, 0.4) is 0 Å². The van der Waals surface area contributed by atoms with Crippen LogP contribution in [0.25, 0.3) is 11.0 Å². The number of thioether (sulfide) groups is 1. The summed E-state index contributed by atoms with van der Waals surface area (Å²) in [6.45, 7) is 2.04. The van der Waals surface area contributed by atoms with Crippen molar-refractivity contribution in [1.29, 1.82) is 0 Å². The normalized spacial score (nSPS) is 26.2. The Bertz CT molecular complexity index is 1500. The molecule has 2 aliphatic carbocycles. The second-order valence-corrected chi connectivity index (χ2v) is 11.6. The average Bonchev–Trinajstić information content (AvgIpc) is 3.80. The van der Waals surface area contributed by atoms with Crippen molar-refractivity contribution in [3.63, 3.8) is 0 Å². The lowest BCUT2D eigenvalue weighted by atomic mass is 9.83. The topological polar surface area (TPSA) is 103 Å². The van der Waals surface area contributed by atoms with Gasteiger partial charge in [0.1, 0.15) is 35.8 Å². The molecule has 2 aromatic heterocycles. The number of pyridine rings is 1. The number of nitrogens with two attached hydrogens (primary N) is 1. The van der Waals surface area contributed by atoms with Gasteiger partial charge in [-0.3, -0.25) is 9.79 Å². The van der Waals surface area contributed by atoms with E-state index in [1.165, 1.54) is 24.2 Å². The zero-order chi connectivity index (χ0) is 25.8. The number of halogens is 1. The predicted molar refractivity (Wildman–Crippen MR) is 141 cm³/mol. The summed E-state index contributed by atoms with van der Waals surface area (Å²) in [6, 6.07) is 6.80. The molecule has 188 valence electrons. The van der Waals surface area contributed by atoms with Crippen LogP contribution in [-0.2, 0) is 16.8 Å². The number of benzene rings is 1. The molecule has 3 aliphatic rings. The van der Waals surface area contributed by atoms with E-state index in [1.54, 1.807) is 18.3 Å². The number of rotatable bonds is 8. The highest BCUT2D eigenvalue weighted by Crippen LogP contribution is 2.67. The van der Waals surface area contributed by atoms with E-state index >= 15 is 4.39 Å². The van der Waals surface area contributed by atoms with Crippen molar-refractivity contribution < 1.29 is 13.9 Å². The minimum Gasteiger partial charge on any atom is -0.479 e. The molecule has 6 rings (SSSR count). The number of ketones is 1. The lowest BCUT2D eigenvalue weighted by Gasteiger charge is -2.34. The van der Waals surface area contributed by atoms with E-state index in [4.69, 9.17) is 21.9 Å². The first kappa shape index (κ1) is 23.9. The molecular formula is C28H26FN5O2S. The Balaban J connectivity index is 1.31. The van der Waals surface area contributed by atoms with Crippen LogP contribution in [0.5, 0.6) is 5.75 Å². The molecule has 0 amide bonds. The van der Waals surface area contributed by atoms with E-state index in [0.29, 0.717) is 58.4 Å². The second kappa shape index (κ2) is 8.80. The number of hydrogen-bond acceptors (Lipinski definition) is 8. The van der Waals surface area contributed by atoms with Crippen molar-refractivity contribution in [3.05, 3.63) is 59.4 Å². The summed E-state index contributed by atoms with van der Waals surface area (Å²) in [6.07, 6.45) is 12.2. The maximum atomic E-state index is 15.3. The molecule has 2 fully saturated rings. The lowest BCUT2D eigenvalue weighted by molar-refractivity contribution is -0.120. The first-order chi connectivity index (χ1) is 17.8. The summed E-state index contributed by atoms with van der Waals surface area (Å²) < 4.78 is 20.2. The average molecular weight is 516 g/mol. The number of fused-ring (bicyclic) bond motifs is 2. The van der Waals surface area contributed by atoms with Crippen LogP contribution in [-0.4, -0.2) is 37.3 Å². The SMILES string of the molecule is C#CCOc1cnc2c(Cc3ccc(F)c([C@@]4(C)N=C(N)S[C@@]5(C(=O)CC6CC6)C[C@H]54)c3)ncnc2c1. The molecule has 2 N–H and O–H groups in total. The maximum Gasteiger partial charge on any atom is 0.155 e. The molecule has 0 radical (unpaired) electrons. The van der Waals surface area contributed by atoms with Crippen LogP contribution >= 0.6 is 11.8 Å². The molecule has 0 unspecified atom stereocenters. The van der Waals surface area contributed by atoms with Gasteiger partial charge >= 0.3 is 0 Å². The Hall–Kier alpha value is -3.51. The van der Waals surface area contributed by atoms with E-state index in [-0.39, 0.29) is 24.1 Å². The minimum atomic E-state index is -0.913. The molecule has 2 saturated carbocycles. The number of nitrogens with zero attached hydrogens (tertiary/aromatic N) is 4. The zero-order valence-corrected chi connectivity index (χ0v) is 21.2. The third-order valence-corrected chi connectivity index (χ3v) is 9.00. The summed E-state index contributed by atoms with van der Waals surface area (Å²) in [7, 11) is 0. The van der Waals surface area contributed by atoms with Gasteiger partial charge in [0.05, 0.1) is 27.7 Å². The number of ether oxygens (including phenoxy) is 1. The van der Waals surface area contributed by atoms with Gasteiger partial charge < -0.3 is 10.5 Å². The van der Waals surface area contributed by atoms with Gasteiger partial charge in [0.15, 0.2) is 5.17 Å². The fourth-order valence-electron chi connectivity index (χ4n) is 5.47. The molecule has 1 aromatic carbocycles.